The maximum Gasteiger partial charge on any atom is 0.343 e. The van der Waals surface area contributed by atoms with Gasteiger partial charge in [-0.3, -0.25) is 4.79 Å². The number of amides is 1. The molecule has 6 nitrogen and oxygen atoms in total. The summed E-state index contributed by atoms with van der Waals surface area (Å²) in [5.74, 6) is 0.215. The molecule has 7 heteroatoms. The number of nitrogens with zero attached hydrogens (tertiary/aromatic N) is 1. The summed E-state index contributed by atoms with van der Waals surface area (Å²) < 4.78 is 11.3. The summed E-state index contributed by atoms with van der Waals surface area (Å²) in [5.41, 5.74) is 4.02. The van der Waals surface area contributed by atoms with E-state index in [9.17, 15) is 9.59 Å². The van der Waals surface area contributed by atoms with Crippen LogP contribution in [0.25, 0.3) is 0 Å². The Morgan fingerprint density at radius 3 is 2.41 bits per heavy atom. The number of carbonyl (C=O) groups excluding carboxylic acids is 2. The predicted molar refractivity (Wildman–Crippen MR) is 114 cm³/mol. The third-order valence-corrected chi connectivity index (χ3v) is 4.35. The second-order valence-electron chi connectivity index (χ2n) is 5.90. The van der Waals surface area contributed by atoms with Crippen LogP contribution in [0.2, 0.25) is 0 Å². The van der Waals surface area contributed by atoms with Gasteiger partial charge in [-0.05, 0) is 60.2 Å². The van der Waals surface area contributed by atoms with E-state index < -0.39 is 5.97 Å². The van der Waals surface area contributed by atoms with Gasteiger partial charge in [0.15, 0.2) is 0 Å². The molecule has 0 radical (unpaired) electrons. The lowest BCUT2D eigenvalue weighted by atomic mass is 10.2. The summed E-state index contributed by atoms with van der Waals surface area (Å²) in [7, 11) is 1.56. The van der Waals surface area contributed by atoms with Crippen LogP contribution in [0, 0.1) is 0 Å². The lowest BCUT2D eigenvalue weighted by Crippen LogP contribution is -2.17. The van der Waals surface area contributed by atoms with Crippen LogP contribution in [0.4, 0.5) is 0 Å². The molecule has 29 heavy (non-hydrogen) atoms. The van der Waals surface area contributed by atoms with Crippen molar-refractivity contribution in [1.82, 2.24) is 5.43 Å². The number of hydrogen-bond donors (Lipinski definition) is 1. The van der Waals surface area contributed by atoms with E-state index in [1.54, 1.807) is 73.8 Å². The van der Waals surface area contributed by atoms with Gasteiger partial charge in [0.1, 0.15) is 11.5 Å². The van der Waals surface area contributed by atoms with Gasteiger partial charge in [-0.1, -0.05) is 34.1 Å². The monoisotopic (exact) mass is 452 g/mol. The van der Waals surface area contributed by atoms with Gasteiger partial charge in [-0.25, -0.2) is 10.2 Å². The maximum atomic E-state index is 12.3. The fraction of sp³-hybridized carbons (Fsp3) is 0.0455. The highest BCUT2D eigenvalue weighted by Gasteiger charge is 2.09. The fourth-order valence-electron chi connectivity index (χ4n) is 2.41. The number of nitrogens with one attached hydrogen (secondary N) is 1. The lowest BCUT2D eigenvalue weighted by Gasteiger charge is -2.06. The summed E-state index contributed by atoms with van der Waals surface area (Å²) in [4.78, 5) is 24.3. The van der Waals surface area contributed by atoms with Crippen molar-refractivity contribution in [3.05, 3.63) is 94.0 Å². The molecule has 0 spiro atoms. The number of carbonyl (C=O) groups is 2. The van der Waals surface area contributed by atoms with Crippen LogP contribution in [-0.4, -0.2) is 25.2 Å². The number of rotatable bonds is 6. The summed E-state index contributed by atoms with van der Waals surface area (Å²) in [6.07, 6.45) is 1.47. The SMILES string of the molecule is COc1ccc(C(=O)Oc2cccc(/C=N/NC(=O)c3cccc(Br)c3)c2)cc1. The third kappa shape index (κ3) is 5.76. The normalized spacial score (nSPS) is 10.6. The van der Waals surface area contributed by atoms with E-state index in [1.807, 2.05) is 6.07 Å². The van der Waals surface area contributed by atoms with E-state index in [0.717, 1.165) is 4.47 Å². The molecule has 0 aliphatic rings. The molecule has 1 amide bonds. The average Bonchev–Trinajstić information content (AvgIpc) is 2.74. The van der Waals surface area contributed by atoms with Crippen LogP contribution in [-0.2, 0) is 0 Å². The molecule has 146 valence electrons. The zero-order valence-corrected chi connectivity index (χ0v) is 17.0. The maximum absolute atomic E-state index is 12.3. The molecule has 0 aliphatic carbocycles. The third-order valence-electron chi connectivity index (χ3n) is 3.86. The Labute approximate surface area is 176 Å². The highest BCUT2D eigenvalue weighted by molar-refractivity contribution is 9.10. The van der Waals surface area contributed by atoms with E-state index in [2.05, 4.69) is 26.5 Å². The van der Waals surface area contributed by atoms with E-state index in [4.69, 9.17) is 9.47 Å². The lowest BCUT2D eigenvalue weighted by molar-refractivity contribution is 0.0734. The molecule has 1 N–H and O–H groups in total. The van der Waals surface area contributed by atoms with Crippen molar-refractivity contribution in [2.45, 2.75) is 0 Å². The minimum atomic E-state index is -0.482. The first-order chi connectivity index (χ1) is 14.0. The standard InChI is InChI=1S/C22H17BrN2O4/c1-28-19-10-8-16(9-11-19)22(27)29-20-7-2-4-15(12-20)14-24-25-21(26)17-5-3-6-18(23)13-17/h2-14H,1H3,(H,25,26)/b24-14+. The second-order valence-corrected chi connectivity index (χ2v) is 6.82. The molecule has 3 rings (SSSR count). The first kappa shape index (κ1) is 20.3. The summed E-state index contributed by atoms with van der Waals surface area (Å²) in [6.45, 7) is 0. The Hall–Kier alpha value is -3.45. The molecule has 0 aliphatic heterocycles. The number of esters is 1. The number of benzene rings is 3. The van der Waals surface area contributed by atoms with Crippen LogP contribution < -0.4 is 14.9 Å². The largest absolute Gasteiger partial charge is 0.497 e. The van der Waals surface area contributed by atoms with Crippen molar-refractivity contribution in [3.8, 4) is 11.5 Å². The highest BCUT2D eigenvalue weighted by Crippen LogP contribution is 2.17. The molecule has 0 bridgehead atoms. The Kier molecular flexibility index (Phi) is 6.76. The van der Waals surface area contributed by atoms with Crippen molar-refractivity contribution < 1.29 is 19.1 Å². The van der Waals surface area contributed by atoms with E-state index >= 15 is 0 Å². The molecule has 3 aromatic rings. The van der Waals surface area contributed by atoms with Crippen molar-refractivity contribution in [1.29, 1.82) is 0 Å². The van der Waals surface area contributed by atoms with Crippen LogP contribution in [0.5, 0.6) is 11.5 Å². The van der Waals surface area contributed by atoms with Gasteiger partial charge < -0.3 is 9.47 Å². The second kappa shape index (κ2) is 9.66. The van der Waals surface area contributed by atoms with Crippen LogP contribution in [0.3, 0.4) is 0 Å². The van der Waals surface area contributed by atoms with Crippen LogP contribution in [0.15, 0.2) is 82.4 Å². The van der Waals surface area contributed by atoms with Crippen molar-refractivity contribution >= 4 is 34.0 Å². The van der Waals surface area contributed by atoms with Crippen LogP contribution >= 0.6 is 15.9 Å². The Morgan fingerprint density at radius 1 is 0.931 bits per heavy atom. The highest BCUT2D eigenvalue weighted by atomic mass is 79.9. The summed E-state index contributed by atoms with van der Waals surface area (Å²) in [5, 5.41) is 3.95. The minimum Gasteiger partial charge on any atom is -0.497 e. The van der Waals surface area contributed by atoms with Gasteiger partial charge in [0.25, 0.3) is 5.91 Å². The summed E-state index contributed by atoms with van der Waals surface area (Å²) >= 11 is 3.32. The molecule has 0 unspecified atom stereocenters. The first-order valence-electron chi connectivity index (χ1n) is 8.60. The van der Waals surface area contributed by atoms with E-state index in [0.29, 0.717) is 28.2 Å². The molecule has 0 atom stereocenters. The topological polar surface area (TPSA) is 77.0 Å². The van der Waals surface area contributed by atoms with E-state index in [1.165, 1.54) is 6.21 Å². The number of ether oxygens (including phenoxy) is 2. The molecule has 0 heterocycles. The number of hydrazone groups is 1. The molecule has 0 saturated heterocycles. The first-order valence-corrected chi connectivity index (χ1v) is 9.40. The quantitative estimate of drug-likeness (QED) is 0.259. The van der Waals surface area contributed by atoms with Gasteiger partial charge in [-0.15, -0.1) is 0 Å². The van der Waals surface area contributed by atoms with Gasteiger partial charge >= 0.3 is 5.97 Å². The Bertz CT molecular complexity index is 1050. The van der Waals surface area contributed by atoms with Crippen molar-refractivity contribution in [2.75, 3.05) is 7.11 Å². The number of hydrogen-bond acceptors (Lipinski definition) is 5. The zero-order chi connectivity index (χ0) is 20.6. The van der Waals surface area contributed by atoms with Crippen molar-refractivity contribution in [3.63, 3.8) is 0 Å². The van der Waals surface area contributed by atoms with Gasteiger partial charge in [-0.2, -0.15) is 5.10 Å². The Balaban J connectivity index is 1.62. The van der Waals surface area contributed by atoms with Crippen LogP contribution in [0.1, 0.15) is 26.3 Å². The number of halogens is 1. The zero-order valence-electron chi connectivity index (χ0n) is 15.5. The fourth-order valence-corrected chi connectivity index (χ4v) is 2.81. The van der Waals surface area contributed by atoms with Gasteiger partial charge in [0, 0.05) is 10.0 Å². The minimum absolute atomic E-state index is 0.329. The van der Waals surface area contributed by atoms with Gasteiger partial charge in [0.05, 0.1) is 18.9 Å². The van der Waals surface area contributed by atoms with Gasteiger partial charge in [0.2, 0.25) is 0 Å². The molecule has 0 aromatic heterocycles. The predicted octanol–water partition coefficient (Wildman–Crippen LogP) is 4.44. The number of methoxy groups -OCH3 is 1. The molecular formula is C22H17BrN2O4. The molecule has 0 fully saturated rings. The molecular weight excluding hydrogens is 436 g/mol. The smallest absolute Gasteiger partial charge is 0.343 e. The average molecular weight is 453 g/mol. The Morgan fingerprint density at radius 2 is 1.69 bits per heavy atom. The summed E-state index contributed by atoms with van der Waals surface area (Å²) in [6, 6.07) is 20.4. The molecule has 3 aromatic carbocycles. The van der Waals surface area contributed by atoms with E-state index in [-0.39, 0.29) is 5.91 Å². The van der Waals surface area contributed by atoms with Crippen molar-refractivity contribution in [2.24, 2.45) is 5.10 Å². The molecule has 0 saturated carbocycles.